The van der Waals surface area contributed by atoms with Gasteiger partial charge in [-0.15, -0.1) is 0 Å². The molecule has 0 aliphatic heterocycles. The number of guanidine groups is 1. The van der Waals surface area contributed by atoms with E-state index in [1.807, 2.05) is 6.07 Å². The van der Waals surface area contributed by atoms with E-state index in [0.717, 1.165) is 49.9 Å². The second-order valence-electron chi connectivity index (χ2n) is 7.06. The van der Waals surface area contributed by atoms with Crippen LogP contribution >= 0.6 is 0 Å². The van der Waals surface area contributed by atoms with Crippen LogP contribution in [0.15, 0.2) is 27.7 Å². The third-order valence-electron chi connectivity index (χ3n) is 4.29. The molecule has 2 aromatic rings. The first-order valence-corrected chi connectivity index (χ1v) is 10.0. The van der Waals surface area contributed by atoms with Crippen molar-refractivity contribution in [3.63, 3.8) is 0 Å². The summed E-state index contributed by atoms with van der Waals surface area (Å²) in [4.78, 5) is 9.04. The van der Waals surface area contributed by atoms with Gasteiger partial charge in [0.15, 0.2) is 11.8 Å². The van der Waals surface area contributed by atoms with Gasteiger partial charge in [-0.25, -0.2) is 0 Å². The van der Waals surface area contributed by atoms with Crippen molar-refractivity contribution in [1.82, 2.24) is 20.8 Å². The molecule has 0 unspecified atom stereocenters. The van der Waals surface area contributed by atoms with Gasteiger partial charge in [0.1, 0.15) is 5.75 Å². The van der Waals surface area contributed by atoms with E-state index in [2.05, 4.69) is 65.6 Å². The Labute approximate surface area is 168 Å². The Morgan fingerprint density at radius 3 is 2.75 bits per heavy atom. The molecule has 154 valence electrons. The van der Waals surface area contributed by atoms with Crippen molar-refractivity contribution in [3.8, 4) is 5.75 Å². The largest absolute Gasteiger partial charge is 0.496 e. The minimum absolute atomic E-state index is 0.284. The van der Waals surface area contributed by atoms with Gasteiger partial charge in [-0.05, 0) is 38.3 Å². The van der Waals surface area contributed by atoms with Crippen molar-refractivity contribution in [2.24, 2.45) is 4.99 Å². The number of ether oxygens (including phenoxy) is 1. The molecule has 0 fully saturated rings. The fourth-order valence-corrected chi connectivity index (χ4v) is 2.79. The van der Waals surface area contributed by atoms with Gasteiger partial charge in [0.2, 0.25) is 5.89 Å². The summed E-state index contributed by atoms with van der Waals surface area (Å²) in [6.07, 6.45) is 2.47. The molecule has 0 bridgehead atoms. The number of methoxy groups -OCH3 is 1. The third kappa shape index (κ3) is 6.87. The number of rotatable bonds is 10. The van der Waals surface area contributed by atoms with Crippen molar-refractivity contribution >= 4 is 5.96 Å². The summed E-state index contributed by atoms with van der Waals surface area (Å²) < 4.78 is 10.7. The first-order valence-electron chi connectivity index (χ1n) is 10.0. The number of aliphatic imine (C=N–C) groups is 1. The predicted molar refractivity (Wildman–Crippen MR) is 112 cm³/mol. The van der Waals surface area contributed by atoms with Crippen LogP contribution in [0.4, 0.5) is 0 Å². The highest BCUT2D eigenvalue weighted by Gasteiger charge is 2.09. The molecule has 0 saturated heterocycles. The third-order valence-corrected chi connectivity index (χ3v) is 4.29. The second kappa shape index (κ2) is 11.3. The van der Waals surface area contributed by atoms with Crippen LogP contribution in [0.5, 0.6) is 5.75 Å². The zero-order valence-electron chi connectivity index (χ0n) is 17.7. The average Bonchev–Trinajstić information content (AvgIpc) is 3.14. The van der Waals surface area contributed by atoms with E-state index in [1.165, 1.54) is 11.1 Å². The number of nitrogens with zero attached hydrogens (tertiary/aromatic N) is 3. The molecule has 1 aromatic carbocycles. The van der Waals surface area contributed by atoms with Gasteiger partial charge >= 0.3 is 0 Å². The molecule has 0 aliphatic carbocycles. The molecule has 7 heteroatoms. The molecule has 0 atom stereocenters. The standard InChI is InChI=1S/C21H33N5O2/c1-6-22-21(23-12-7-8-19-25-20(15(2)3)26-28-19)24-13-11-17-14-16(4)9-10-18(17)27-5/h9-10,14-15H,6-8,11-13H2,1-5H3,(H2,22,23,24). The van der Waals surface area contributed by atoms with Crippen molar-refractivity contribution in [2.45, 2.75) is 52.9 Å². The quantitative estimate of drug-likeness (QED) is 0.370. The lowest BCUT2D eigenvalue weighted by molar-refractivity contribution is 0.369. The lowest BCUT2D eigenvalue weighted by atomic mass is 10.1. The zero-order valence-corrected chi connectivity index (χ0v) is 17.7. The summed E-state index contributed by atoms with van der Waals surface area (Å²) in [5, 5.41) is 10.7. The maximum absolute atomic E-state index is 5.45. The van der Waals surface area contributed by atoms with Crippen LogP contribution < -0.4 is 15.4 Å². The molecule has 1 heterocycles. The van der Waals surface area contributed by atoms with E-state index in [4.69, 9.17) is 9.26 Å². The van der Waals surface area contributed by atoms with Crippen LogP contribution in [-0.4, -0.2) is 42.8 Å². The highest BCUT2D eigenvalue weighted by molar-refractivity contribution is 5.79. The van der Waals surface area contributed by atoms with Crippen LogP contribution in [0.2, 0.25) is 0 Å². The number of nitrogens with one attached hydrogen (secondary N) is 2. The molecule has 0 radical (unpaired) electrons. The van der Waals surface area contributed by atoms with Crippen LogP contribution in [0.25, 0.3) is 0 Å². The lowest BCUT2D eigenvalue weighted by Gasteiger charge is -2.13. The molecule has 0 spiro atoms. The van der Waals surface area contributed by atoms with Crippen LogP contribution in [0.3, 0.4) is 0 Å². The van der Waals surface area contributed by atoms with E-state index in [1.54, 1.807) is 7.11 Å². The summed E-state index contributed by atoms with van der Waals surface area (Å²) in [6.45, 7) is 10.6. The smallest absolute Gasteiger partial charge is 0.226 e. The summed E-state index contributed by atoms with van der Waals surface area (Å²) in [5.41, 5.74) is 2.43. The van der Waals surface area contributed by atoms with Crippen molar-refractivity contribution in [2.75, 3.05) is 26.7 Å². The van der Waals surface area contributed by atoms with Crippen molar-refractivity contribution in [1.29, 1.82) is 0 Å². The first-order chi connectivity index (χ1) is 13.5. The summed E-state index contributed by atoms with van der Waals surface area (Å²) in [5.74, 6) is 3.48. The van der Waals surface area contributed by atoms with Crippen LogP contribution in [0.1, 0.15) is 56.0 Å². The number of aromatic nitrogens is 2. The minimum atomic E-state index is 0.284. The van der Waals surface area contributed by atoms with Gasteiger partial charge in [-0.2, -0.15) is 4.98 Å². The lowest BCUT2D eigenvalue weighted by Crippen LogP contribution is -2.38. The van der Waals surface area contributed by atoms with E-state index < -0.39 is 0 Å². The zero-order chi connectivity index (χ0) is 20.4. The van der Waals surface area contributed by atoms with Crippen LogP contribution in [0, 0.1) is 6.92 Å². The maximum Gasteiger partial charge on any atom is 0.226 e. The first kappa shape index (κ1) is 21.7. The Bertz CT molecular complexity index is 755. The summed E-state index contributed by atoms with van der Waals surface area (Å²) in [7, 11) is 1.71. The average molecular weight is 388 g/mol. The molecule has 0 aliphatic rings. The van der Waals surface area contributed by atoms with E-state index in [0.29, 0.717) is 12.4 Å². The van der Waals surface area contributed by atoms with E-state index >= 15 is 0 Å². The van der Waals surface area contributed by atoms with Gasteiger partial charge < -0.3 is 19.9 Å². The Morgan fingerprint density at radius 1 is 1.25 bits per heavy atom. The van der Waals surface area contributed by atoms with Gasteiger partial charge in [0, 0.05) is 32.0 Å². The molecular formula is C21H33N5O2. The summed E-state index contributed by atoms with van der Waals surface area (Å²) in [6, 6.07) is 6.25. The number of hydrogen-bond donors (Lipinski definition) is 2. The molecule has 2 rings (SSSR count). The molecule has 0 amide bonds. The molecule has 0 saturated carbocycles. The van der Waals surface area contributed by atoms with Crippen molar-refractivity contribution < 1.29 is 9.26 Å². The van der Waals surface area contributed by atoms with E-state index in [-0.39, 0.29) is 5.92 Å². The molecule has 7 nitrogen and oxygen atoms in total. The maximum atomic E-state index is 5.45. The highest BCUT2D eigenvalue weighted by Crippen LogP contribution is 2.19. The van der Waals surface area contributed by atoms with Gasteiger partial charge in [0.05, 0.1) is 7.11 Å². The normalized spacial score (nSPS) is 11.7. The number of benzene rings is 1. The Kier molecular flexibility index (Phi) is 8.78. The monoisotopic (exact) mass is 387 g/mol. The SMILES string of the molecule is CCNC(=NCCCc1nc(C(C)C)no1)NCCc1cc(C)ccc1OC. The Balaban J connectivity index is 1.80. The second-order valence-corrected chi connectivity index (χ2v) is 7.06. The van der Waals surface area contributed by atoms with Gasteiger partial charge in [-0.3, -0.25) is 4.99 Å². The van der Waals surface area contributed by atoms with Crippen molar-refractivity contribution in [3.05, 3.63) is 41.0 Å². The fourth-order valence-electron chi connectivity index (χ4n) is 2.79. The summed E-state index contributed by atoms with van der Waals surface area (Å²) >= 11 is 0. The molecular weight excluding hydrogens is 354 g/mol. The topological polar surface area (TPSA) is 84.6 Å². The van der Waals surface area contributed by atoms with Gasteiger partial charge in [-0.1, -0.05) is 36.7 Å². The fraction of sp³-hybridized carbons (Fsp3) is 0.571. The number of aryl methyl sites for hydroxylation is 2. The predicted octanol–water partition coefficient (Wildman–Crippen LogP) is 3.24. The molecule has 28 heavy (non-hydrogen) atoms. The molecule has 1 aromatic heterocycles. The molecule has 2 N–H and O–H groups in total. The minimum Gasteiger partial charge on any atom is -0.496 e. The van der Waals surface area contributed by atoms with E-state index in [9.17, 15) is 0 Å². The Morgan fingerprint density at radius 2 is 2.07 bits per heavy atom. The highest BCUT2D eigenvalue weighted by atomic mass is 16.5. The Hall–Kier alpha value is -2.57. The van der Waals surface area contributed by atoms with Gasteiger partial charge in [0.25, 0.3) is 0 Å². The van der Waals surface area contributed by atoms with Crippen LogP contribution in [-0.2, 0) is 12.8 Å². The number of hydrogen-bond acceptors (Lipinski definition) is 5.